The molecule has 66 heavy (non-hydrogen) atoms. The van der Waals surface area contributed by atoms with Crippen LogP contribution < -0.4 is 5.73 Å². The number of nitro groups is 1. The molecule has 0 aliphatic heterocycles. The van der Waals surface area contributed by atoms with Crippen molar-refractivity contribution in [3.05, 3.63) is 146 Å². The Balaban J connectivity index is 1.03. The third-order valence-corrected chi connectivity index (χ3v) is 11.4. The highest BCUT2D eigenvalue weighted by atomic mass is 16.6. The summed E-state index contributed by atoms with van der Waals surface area (Å²) in [5.74, 6) is -0.336. The van der Waals surface area contributed by atoms with E-state index in [0.717, 1.165) is 27.6 Å². The van der Waals surface area contributed by atoms with Gasteiger partial charge in [0, 0.05) is 17.5 Å². The lowest BCUT2D eigenvalue weighted by molar-refractivity contribution is -0.384. The van der Waals surface area contributed by atoms with Crippen LogP contribution in [0.2, 0.25) is 0 Å². The second-order valence-electron chi connectivity index (χ2n) is 16.1. The standard InChI is InChI=1S/C49H44N12O5/c1-24-9-12-33(13-10-24)60-49(64)46(31(8)59-60)58-53-38-16-11-32(19-26(38)3)51-56-44-29(6)22-37-30(7)40(18-15-35(37)47(44)62)54-55-41-23-25(2)36-21-28(5)45(48(63)42(36)43(41)50)57-52-39-17-14-34(61(65)66)20-27(39)4/h9-23,62-64H,50H2,1-8H3/b55-54+,56-51+,57-52+,58-53+. The van der Waals surface area contributed by atoms with E-state index in [4.69, 9.17) is 5.73 Å². The summed E-state index contributed by atoms with van der Waals surface area (Å²) in [5.41, 5.74) is 16.5. The molecule has 0 aliphatic rings. The number of aryl methyl sites for hydroxylation is 8. The van der Waals surface area contributed by atoms with Crippen LogP contribution in [0.4, 0.5) is 56.9 Å². The summed E-state index contributed by atoms with van der Waals surface area (Å²) in [7, 11) is 0. The number of phenolic OH excluding ortho intramolecular Hbond substituents is 2. The fourth-order valence-corrected chi connectivity index (χ4v) is 7.61. The molecule has 1 heterocycles. The summed E-state index contributed by atoms with van der Waals surface area (Å²) in [5, 5.41) is 87.1. The van der Waals surface area contributed by atoms with E-state index >= 15 is 0 Å². The Kier molecular flexibility index (Phi) is 11.6. The number of rotatable bonds is 10. The molecule has 5 N–H and O–H groups in total. The molecule has 8 rings (SSSR count). The van der Waals surface area contributed by atoms with Crippen molar-refractivity contribution in [2.75, 3.05) is 5.73 Å². The van der Waals surface area contributed by atoms with Crippen LogP contribution in [0.25, 0.3) is 27.2 Å². The summed E-state index contributed by atoms with van der Waals surface area (Å²) < 4.78 is 1.43. The van der Waals surface area contributed by atoms with Gasteiger partial charge < -0.3 is 21.1 Å². The van der Waals surface area contributed by atoms with Gasteiger partial charge in [-0.25, -0.2) is 0 Å². The number of hydrogen-bond donors (Lipinski definition) is 4. The zero-order chi connectivity index (χ0) is 47.1. The number of azo groups is 4. The van der Waals surface area contributed by atoms with Crippen molar-refractivity contribution in [2.45, 2.75) is 55.4 Å². The topological polar surface area (TPSA) is 247 Å². The van der Waals surface area contributed by atoms with Gasteiger partial charge in [-0.1, -0.05) is 17.7 Å². The molecule has 0 atom stereocenters. The Bertz CT molecular complexity index is 3430. The lowest BCUT2D eigenvalue weighted by Gasteiger charge is -2.14. The molecule has 1 aromatic heterocycles. The Morgan fingerprint density at radius 3 is 1.79 bits per heavy atom. The Morgan fingerprint density at radius 2 is 1.12 bits per heavy atom. The van der Waals surface area contributed by atoms with Crippen molar-refractivity contribution >= 4 is 78.4 Å². The number of anilines is 1. The molecule has 0 saturated heterocycles. The molecule has 0 saturated carbocycles. The maximum Gasteiger partial charge on any atom is 0.269 e. The van der Waals surface area contributed by atoms with Crippen molar-refractivity contribution in [2.24, 2.45) is 40.9 Å². The lowest BCUT2D eigenvalue weighted by Crippen LogP contribution is -1.95. The molecule has 0 spiro atoms. The first kappa shape index (κ1) is 43.9. The average molecular weight is 881 g/mol. The fraction of sp³-hybridized carbons (Fsp3) is 0.163. The average Bonchev–Trinajstić information content (AvgIpc) is 3.56. The first-order chi connectivity index (χ1) is 31.5. The number of nitrogens with two attached hydrogens (primary N) is 1. The smallest absolute Gasteiger partial charge is 0.269 e. The fourth-order valence-electron chi connectivity index (χ4n) is 7.61. The van der Waals surface area contributed by atoms with Crippen LogP contribution in [-0.4, -0.2) is 30.0 Å². The molecule has 7 aromatic carbocycles. The summed E-state index contributed by atoms with van der Waals surface area (Å²) in [6.45, 7) is 14.7. The number of nitrogens with zero attached hydrogens (tertiary/aromatic N) is 11. The molecule has 0 unspecified atom stereocenters. The van der Waals surface area contributed by atoms with Crippen molar-refractivity contribution < 1.29 is 20.2 Å². The van der Waals surface area contributed by atoms with E-state index in [-0.39, 0.29) is 40.1 Å². The van der Waals surface area contributed by atoms with Gasteiger partial charge in [0.05, 0.1) is 50.1 Å². The number of non-ortho nitro benzene ring substituents is 1. The summed E-state index contributed by atoms with van der Waals surface area (Å²) in [6.07, 6.45) is 0. The van der Waals surface area contributed by atoms with Crippen LogP contribution >= 0.6 is 0 Å². The summed E-state index contributed by atoms with van der Waals surface area (Å²) >= 11 is 0. The molecule has 330 valence electrons. The minimum absolute atomic E-state index is 0.0410. The van der Waals surface area contributed by atoms with Gasteiger partial charge in [0.25, 0.3) is 5.69 Å². The van der Waals surface area contributed by atoms with E-state index in [1.54, 1.807) is 57.2 Å². The van der Waals surface area contributed by atoms with Crippen LogP contribution in [-0.2, 0) is 0 Å². The zero-order valence-electron chi connectivity index (χ0n) is 37.3. The van der Waals surface area contributed by atoms with Gasteiger partial charge >= 0.3 is 0 Å². The SMILES string of the molecule is Cc1ccc(-n2nc(C)c(/N=N/c3ccc(/N=N/c4c(C)cc5c(C)c(/N=N/c6cc(C)c7cc(C)c(/N=N/c8ccc([N+](=O)[O-])cc8C)c(O)c7c6N)ccc5c4O)cc3C)c2O)cc1. The zero-order valence-corrected chi connectivity index (χ0v) is 37.3. The predicted molar refractivity (Wildman–Crippen MR) is 255 cm³/mol. The van der Waals surface area contributed by atoms with Crippen molar-refractivity contribution in [3.8, 4) is 23.1 Å². The first-order valence-corrected chi connectivity index (χ1v) is 20.7. The molecule has 17 heteroatoms. The largest absolute Gasteiger partial charge is 0.505 e. The summed E-state index contributed by atoms with van der Waals surface area (Å²) in [6, 6.07) is 26.2. The number of phenols is 2. The highest BCUT2D eigenvalue weighted by Gasteiger charge is 2.20. The minimum atomic E-state index is -0.480. The molecule has 0 aliphatic carbocycles. The van der Waals surface area contributed by atoms with Gasteiger partial charge in [0.15, 0.2) is 17.2 Å². The quantitative estimate of drug-likeness (QED) is 0.0447. The number of aromatic nitrogens is 2. The molecule has 0 amide bonds. The van der Waals surface area contributed by atoms with Gasteiger partial charge in [0.1, 0.15) is 17.1 Å². The van der Waals surface area contributed by atoms with Gasteiger partial charge in [-0.15, -0.1) is 20.5 Å². The number of hydrogen-bond acceptors (Lipinski definition) is 15. The van der Waals surface area contributed by atoms with Gasteiger partial charge in [-0.05, 0) is 166 Å². The molecule has 0 fully saturated rings. The molecule has 8 aromatic rings. The normalized spacial score (nSPS) is 12.1. The third kappa shape index (κ3) is 8.27. The van der Waals surface area contributed by atoms with Crippen LogP contribution in [0.5, 0.6) is 17.4 Å². The number of benzene rings is 7. The number of fused-ring (bicyclic) bond motifs is 2. The van der Waals surface area contributed by atoms with Crippen molar-refractivity contribution in [1.29, 1.82) is 0 Å². The van der Waals surface area contributed by atoms with E-state index in [1.165, 1.54) is 22.9 Å². The number of nitrogen functional groups attached to an aromatic ring is 1. The summed E-state index contributed by atoms with van der Waals surface area (Å²) in [4.78, 5) is 10.7. The van der Waals surface area contributed by atoms with Crippen molar-refractivity contribution in [3.63, 3.8) is 0 Å². The molecular formula is C49H44N12O5. The Labute approximate surface area is 378 Å². The highest BCUT2D eigenvalue weighted by Crippen LogP contribution is 2.47. The first-order valence-electron chi connectivity index (χ1n) is 20.7. The maximum absolute atomic E-state index is 11.5. The number of nitro benzene ring substituents is 1. The van der Waals surface area contributed by atoms with E-state index in [9.17, 15) is 25.4 Å². The Morgan fingerprint density at radius 1 is 0.545 bits per heavy atom. The Hall–Kier alpha value is -8.73. The van der Waals surface area contributed by atoms with E-state index < -0.39 is 4.92 Å². The van der Waals surface area contributed by atoms with Crippen LogP contribution in [0.3, 0.4) is 0 Å². The molecule has 0 bridgehead atoms. The second kappa shape index (κ2) is 17.4. The van der Waals surface area contributed by atoms with Gasteiger partial charge in [0.2, 0.25) is 5.88 Å². The highest BCUT2D eigenvalue weighted by molar-refractivity contribution is 6.07. The van der Waals surface area contributed by atoms with Crippen molar-refractivity contribution in [1.82, 2.24) is 9.78 Å². The minimum Gasteiger partial charge on any atom is -0.505 e. The second-order valence-corrected chi connectivity index (χ2v) is 16.1. The molecule has 17 nitrogen and oxygen atoms in total. The maximum atomic E-state index is 11.5. The van der Waals surface area contributed by atoms with E-state index in [2.05, 4.69) is 46.0 Å². The monoisotopic (exact) mass is 880 g/mol. The third-order valence-electron chi connectivity index (χ3n) is 11.4. The van der Waals surface area contributed by atoms with Crippen LogP contribution in [0.15, 0.2) is 132 Å². The number of aromatic hydroxyl groups is 3. The van der Waals surface area contributed by atoms with Crippen LogP contribution in [0, 0.1) is 65.5 Å². The van der Waals surface area contributed by atoms with E-state index in [0.29, 0.717) is 78.4 Å². The molecular weight excluding hydrogens is 837 g/mol. The van der Waals surface area contributed by atoms with Crippen LogP contribution in [0.1, 0.15) is 44.6 Å². The van der Waals surface area contributed by atoms with Gasteiger partial charge in [-0.3, -0.25) is 10.1 Å². The molecule has 0 radical (unpaired) electrons. The van der Waals surface area contributed by atoms with E-state index in [1.807, 2.05) is 71.0 Å². The van der Waals surface area contributed by atoms with Gasteiger partial charge in [-0.2, -0.15) is 30.2 Å². The lowest BCUT2D eigenvalue weighted by atomic mass is 9.98. The predicted octanol–water partition coefficient (Wildman–Crippen LogP) is 14.9.